The number of amides is 3. The fourth-order valence-corrected chi connectivity index (χ4v) is 6.14. The first-order valence-corrected chi connectivity index (χ1v) is 11.6. The van der Waals surface area contributed by atoms with E-state index >= 15 is 0 Å². The minimum Gasteiger partial charge on any atom is -0.396 e. The maximum absolute atomic E-state index is 13.4. The van der Waals surface area contributed by atoms with Gasteiger partial charge in [-0.25, -0.2) is 0 Å². The third-order valence-corrected chi connectivity index (χ3v) is 7.32. The first kappa shape index (κ1) is 22.5. The van der Waals surface area contributed by atoms with Crippen molar-refractivity contribution >= 4 is 33.7 Å². The third kappa shape index (κ3) is 3.81. The van der Waals surface area contributed by atoms with Gasteiger partial charge in [0.2, 0.25) is 17.7 Å². The molecule has 8 nitrogen and oxygen atoms in total. The van der Waals surface area contributed by atoms with E-state index in [0.29, 0.717) is 32.4 Å². The van der Waals surface area contributed by atoms with Crippen LogP contribution < -0.4 is 10.6 Å². The molecule has 3 saturated heterocycles. The average Bonchev–Trinajstić information content (AvgIpc) is 3.28. The van der Waals surface area contributed by atoms with Gasteiger partial charge in [0.25, 0.3) is 0 Å². The number of fused-ring (bicyclic) bond motifs is 1. The van der Waals surface area contributed by atoms with Crippen LogP contribution in [0, 0.1) is 11.8 Å². The Bertz CT molecular complexity index is 648. The molecule has 9 heteroatoms. The van der Waals surface area contributed by atoms with Gasteiger partial charge in [-0.05, 0) is 32.1 Å². The Morgan fingerprint density at radius 2 is 2.03 bits per heavy atom. The molecule has 0 aromatic rings. The summed E-state index contributed by atoms with van der Waals surface area (Å²) in [6, 6.07) is -0.731. The molecule has 3 aliphatic heterocycles. The van der Waals surface area contributed by atoms with Crippen molar-refractivity contribution < 1.29 is 24.2 Å². The smallest absolute Gasteiger partial charge is 0.245 e. The number of aliphatic hydroxyl groups excluding tert-OH is 1. The van der Waals surface area contributed by atoms with Gasteiger partial charge in [-0.3, -0.25) is 14.4 Å². The predicted octanol–water partition coefficient (Wildman–Crippen LogP) is 0.559. The molecule has 3 unspecified atom stereocenters. The standard InChI is InChI=1S/C20H32BrN3O5/c1-3-4-8-23-18(27)16-20-11-12(21)15(29-20)13(17(26)22-2)14(20)19(28)24(16)9-6-5-7-10-25/h12-16,25H,3-11H2,1-2H3,(H,22,26)(H,23,27)/t12?,13-,14-,15-,16?,20?/m0/s1. The Labute approximate surface area is 180 Å². The van der Waals surface area contributed by atoms with Gasteiger partial charge in [0, 0.05) is 31.6 Å². The number of carbonyl (C=O) groups is 3. The van der Waals surface area contributed by atoms with Crippen molar-refractivity contribution in [1.82, 2.24) is 15.5 Å². The van der Waals surface area contributed by atoms with Gasteiger partial charge in [-0.1, -0.05) is 29.3 Å². The zero-order valence-electron chi connectivity index (χ0n) is 17.2. The molecule has 0 aromatic carbocycles. The lowest BCUT2D eigenvalue weighted by Crippen LogP contribution is -2.56. The molecule has 3 rings (SSSR count). The highest BCUT2D eigenvalue weighted by Crippen LogP contribution is 2.59. The van der Waals surface area contributed by atoms with Crippen LogP contribution in [0.5, 0.6) is 0 Å². The zero-order valence-corrected chi connectivity index (χ0v) is 18.7. The fraction of sp³-hybridized carbons (Fsp3) is 0.850. The minimum absolute atomic E-state index is 0.0749. The third-order valence-electron chi connectivity index (χ3n) is 6.47. The van der Waals surface area contributed by atoms with E-state index < -0.39 is 29.6 Å². The van der Waals surface area contributed by atoms with E-state index in [2.05, 4.69) is 33.5 Å². The van der Waals surface area contributed by atoms with Gasteiger partial charge in [-0.2, -0.15) is 0 Å². The Kier molecular flexibility index (Phi) is 7.22. The molecule has 0 saturated carbocycles. The Morgan fingerprint density at radius 3 is 2.69 bits per heavy atom. The number of nitrogens with one attached hydrogen (secondary N) is 2. The summed E-state index contributed by atoms with van der Waals surface area (Å²) in [5.74, 6) is -1.82. The fourth-order valence-electron chi connectivity index (χ4n) is 5.19. The Hall–Kier alpha value is -1.19. The maximum atomic E-state index is 13.4. The highest BCUT2D eigenvalue weighted by molar-refractivity contribution is 9.09. The number of halogens is 1. The van der Waals surface area contributed by atoms with Crippen molar-refractivity contribution in [2.24, 2.45) is 11.8 Å². The van der Waals surface area contributed by atoms with Crippen LogP contribution >= 0.6 is 15.9 Å². The summed E-state index contributed by atoms with van der Waals surface area (Å²) >= 11 is 3.62. The summed E-state index contributed by atoms with van der Waals surface area (Å²) in [5.41, 5.74) is -0.972. The highest BCUT2D eigenvalue weighted by atomic mass is 79.9. The SMILES string of the molecule is CCCCNC(=O)C1N(CCCCCO)C(=O)[C@@H]2[C@H](C(=O)NC)[C@H]3OC12CC3Br. The minimum atomic E-state index is -0.972. The van der Waals surface area contributed by atoms with Gasteiger partial charge < -0.3 is 25.4 Å². The van der Waals surface area contributed by atoms with E-state index in [9.17, 15) is 14.4 Å². The monoisotopic (exact) mass is 473 g/mol. The van der Waals surface area contributed by atoms with Crippen molar-refractivity contribution in [1.29, 1.82) is 0 Å². The van der Waals surface area contributed by atoms with Crippen LogP contribution in [-0.2, 0) is 19.1 Å². The van der Waals surface area contributed by atoms with Gasteiger partial charge in [0.05, 0.1) is 17.9 Å². The predicted molar refractivity (Wildman–Crippen MR) is 110 cm³/mol. The number of nitrogens with zero attached hydrogens (tertiary/aromatic N) is 1. The van der Waals surface area contributed by atoms with Crippen molar-refractivity contribution in [3.8, 4) is 0 Å². The molecule has 2 bridgehead atoms. The molecular weight excluding hydrogens is 442 g/mol. The van der Waals surface area contributed by atoms with Crippen LogP contribution in [0.25, 0.3) is 0 Å². The molecule has 3 aliphatic rings. The van der Waals surface area contributed by atoms with Crippen molar-refractivity contribution in [3.05, 3.63) is 0 Å². The van der Waals surface area contributed by atoms with Gasteiger partial charge >= 0.3 is 0 Å². The van der Waals surface area contributed by atoms with Crippen LogP contribution in [0.2, 0.25) is 0 Å². The second kappa shape index (κ2) is 9.31. The summed E-state index contributed by atoms with van der Waals surface area (Å²) in [6.45, 7) is 3.14. The number of hydrogen-bond donors (Lipinski definition) is 3. The summed E-state index contributed by atoms with van der Waals surface area (Å²) in [5, 5.41) is 14.7. The van der Waals surface area contributed by atoms with Crippen LogP contribution in [0.3, 0.4) is 0 Å². The van der Waals surface area contributed by atoms with Gasteiger partial charge in [0.15, 0.2) is 0 Å². The molecule has 164 valence electrons. The second-order valence-electron chi connectivity index (χ2n) is 8.24. The van der Waals surface area contributed by atoms with E-state index in [0.717, 1.165) is 19.3 Å². The molecule has 29 heavy (non-hydrogen) atoms. The number of unbranched alkanes of at least 4 members (excludes halogenated alkanes) is 3. The molecule has 3 N–H and O–H groups in total. The lowest BCUT2D eigenvalue weighted by molar-refractivity contribution is -0.142. The topological polar surface area (TPSA) is 108 Å². The average molecular weight is 474 g/mol. The summed E-state index contributed by atoms with van der Waals surface area (Å²) in [4.78, 5) is 40.8. The summed E-state index contributed by atoms with van der Waals surface area (Å²) < 4.78 is 6.33. The molecule has 1 spiro atoms. The first-order valence-electron chi connectivity index (χ1n) is 10.7. The number of rotatable bonds is 10. The van der Waals surface area contributed by atoms with E-state index in [1.165, 1.54) is 0 Å². The van der Waals surface area contributed by atoms with E-state index in [1.807, 2.05) is 0 Å². The number of hydrogen-bond acceptors (Lipinski definition) is 5. The largest absolute Gasteiger partial charge is 0.396 e. The van der Waals surface area contributed by atoms with Crippen LogP contribution in [-0.4, -0.2) is 77.0 Å². The van der Waals surface area contributed by atoms with Crippen LogP contribution in [0.1, 0.15) is 45.4 Å². The maximum Gasteiger partial charge on any atom is 0.245 e. The molecule has 0 radical (unpaired) electrons. The van der Waals surface area contributed by atoms with Crippen LogP contribution in [0.4, 0.5) is 0 Å². The van der Waals surface area contributed by atoms with Crippen molar-refractivity contribution in [2.75, 3.05) is 26.7 Å². The number of alkyl halides is 1. The summed E-state index contributed by atoms with van der Waals surface area (Å²) in [7, 11) is 1.56. The van der Waals surface area contributed by atoms with E-state index in [4.69, 9.17) is 9.84 Å². The number of likely N-dealkylation sites (tertiary alicyclic amines) is 1. The number of aliphatic hydroxyl groups is 1. The second-order valence-corrected chi connectivity index (χ2v) is 9.41. The Morgan fingerprint density at radius 1 is 1.28 bits per heavy atom. The molecule has 3 fully saturated rings. The van der Waals surface area contributed by atoms with E-state index in [1.54, 1.807) is 11.9 Å². The quantitative estimate of drug-likeness (QED) is 0.317. The Balaban J connectivity index is 1.89. The number of ether oxygens (including phenoxy) is 1. The molecule has 0 aromatic heterocycles. The molecular formula is C20H32BrN3O5. The van der Waals surface area contributed by atoms with E-state index in [-0.39, 0.29) is 29.2 Å². The van der Waals surface area contributed by atoms with Gasteiger partial charge in [0.1, 0.15) is 11.6 Å². The molecule has 3 amide bonds. The van der Waals surface area contributed by atoms with Crippen LogP contribution in [0.15, 0.2) is 0 Å². The number of carbonyl (C=O) groups excluding carboxylic acids is 3. The van der Waals surface area contributed by atoms with Crippen molar-refractivity contribution in [3.63, 3.8) is 0 Å². The molecule has 6 atom stereocenters. The lowest BCUT2D eigenvalue weighted by Gasteiger charge is -2.34. The zero-order chi connectivity index (χ0) is 21.2. The van der Waals surface area contributed by atoms with Gasteiger partial charge in [-0.15, -0.1) is 0 Å². The lowest BCUT2D eigenvalue weighted by atomic mass is 9.70. The normalized spacial score (nSPS) is 35.1. The summed E-state index contributed by atoms with van der Waals surface area (Å²) in [6.07, 6.45) is 4.07. The highest BCUT2D eigenvalue weighted by Gasteiger charge is 2.76. The molecule has 3 heterocycles. The first-order chi connectivity index (χ1) is 13.9. The van der Waals surface area contributed by atoms with Crippen molar-refractivity contribution in [2.45, 2.75) is 68.0 Å². The molecule has 0 aliphatic carbocycles.